The van der Waals surface area contributed by atoms with Crippen LogP contribution in [0, 0.1) is 25.7 Å². The number of hydrogen-bond donors (Lipinski definition) is 1. The molecule has 0 spiro atoms. The van der Waals surface area contributed by atoms with Crippen molar-refractivity contribution in [2.24, 2.45) is 0 Å². The molecule has 1 saturated carbocycles. The fourth-order valence-electron chi connectivity index (χ4n) is 5.83. The Morgan fingerprint density at radius 3 is 2.24 bits per heavy atom. The zero-order valence-electron chi connectivity index (χ0n) is 23.1. The van der Waals surface area contributed by atoms with Crippen LogP contribution < -0.4 is 0 Å². The van der Waals surface area contributed by atoms with Crippen LogP contribution in [-0.4, -0.2) is 22.2 Å². The van der Waals surface area contributed by atoms with Gasteiger partial charge in [0.15, 0.2) is 0 Å². The predicted molar refractivity (Wildman–Crippen MR) is 153 cm³/mol. The van der Waals surface area contributed by atoms with Crippen LogP contribution in [0.15, 0.2) is 54.7 Å². The lowest BCUT2D eigenvalue weighted by molar-refractivity contribution is -0.129. The number of benzene rings is 2. The van der Waals surface area contributed by atoms with Gasteiger partial charge in [-0.2, -0.15) is 0 Å². The highest BCUT2D eigenvalue weighted by Gasteiger charge is 2.31. The molecular formula is C34H39NO3. The first-order chi connectivity index (χ1) is 18.3. The van der Waals surface area contributed by atoms with Crippen molar-refractivity contribution in [3.63, 3.8) is 0 Å². The summed E-state index contributed by atoms with van der Waals surface area (Å²) in [6, 6.07) is 17.3. The first kappa shape index (κ1) is 27.6. The lowest BCUT2D eigenvalue weighted by atomic mass is 9.69. The van der Waals surface area contributed by atoms with Crippen LogP contribution in [0.5, 0.6) is 0 Å². The number of aryl methyl sites for hydroxylation is 2. The second-order valence-electron chi connectivity index (χ2n) is 10.6. The summed E-state index contributed by atoms with van der Waals surface area (Å²) in [5.74, 6) is 6.49. The van der Waals surface area contributed by atoms with Gasteiger partial charge in [-0.25, -0.2) is 0 Å². The molecule has 0 saturated heterocycles. The Morgan fingerprint density at radius 1 is 0.974 bits per heavy atom. The Balaban J connectivity index is 1.63. The van der Waals surface area contributed by atoms with E-state index in [4.69, 9.17) is 4.74 Å². The van der Waals surface area contributed by atoms with Gasteiger partial charge in [-0.05, 0) is 86.8 Å². The van der Waals surface area contributed by atoms with E-state index < -0.39 is 5.60 Å². The summed E-state index contributed by atoms with van der Waals surface area (Å²) in [6.07, 6.45) is 8.56. The Bertz CT molecular complexity index is 1320. The highest BCUT2D eigenvalue weighted by Crippen LogP contribution is 2.41. The third kappa shape index (κ3) is 5.84. The van der Waals surface area contributed by atoms with E-state index in [0.717, 1.165) is 66.5 Å². The molecule has 4 heteroatoms. The molecule has 4 nitrogen and oxygen atoms in total. The highest BCUT2D eigenvalue weighted by atomic mass is 16.5. The van der Waals surface area contributed by atoms with E-state index in [0.29, 0.717) is 6.47 Å². The van der Waals surface area contributed by atoms with E-state index >= 15 is 0 Å². The maximum Gasteiger partial charge on any atom is 0.293 e. The molecule has 198 valence electrons. The van der Waals surface area contributed by atoms with Gasteiger partial charge in [0.05, 0.1) is 5.69 Å². The SMILES string of the molecule is CCC(CC)(c1ccc(C#CC2(O)CCCCC2)c(C)c1)c1ccc(-c2ccc(COC=O)cn2)c(C)c1. The summed E-state index contributed by atoms with van der Waals surface area (Å²) in [5, 5.41) is 10.8. The molecule has 0 aliphatic heterocycles. The number of rotatable bonds is 8. The van der Waals surface area contributed by atoms with Crippen LogP contribution in [0.1, 0.15) is 92.2 Å². The van der Waals surface area contributed by atoms with Crippen molar-refractivity contribution < 1.29 is 14.6 Å². The average molecular weight is 510 g/mol. The van der Waals surface area contributed by atoms with Crippen molar-refractivity contribution >= 4 is 6.47 Å². The minimum atomic E-state index is -0.836. The van der Waals surface area contributed by atoms with Crippen LogP contribution in [-0.2, 0) is 21.6 Å². The Hall–Kier alpha value is -3.42. The van der Waals surface area contributed by atoms with Crippen molar-refractivity contribution in [1.82, 2.24) is 4.98 Å². The molecule has 0 bridgehead atoms. The summed E-state index contributed by atoms with van der Waals surface area (Å²) in [5.41, 5.74) is 7.84. The third-order valence-corrected chi connectivity index (χ3v) is 8.29. The zero-order chi connectivity index (χ0) is 27.2. The molecule has 0 radical (unpaired) electrons. The molecule has 1 aromatic heterocycles. The summed E-state index contributed by atoms with van der Waals surface area (Å²) in [7, 11) is 0. The number of carbonyl (C=O) groups excluding carboxylic acids is 1. The summed E-state index contributed by atoms with van der Waals surface area (Å²) in [4.78, 5) is 15.1. The van der Waals surface area contributed by atoms with E-state index in [1.165, 1.54) is 23.1 Å². The lowest BCUT2D eigenvalue weighted by Crippen LogP contribution is -2.29. The second-order valence-corrected chi connectivity index (χ2v) is 10.6. The van der Waals surface area contributed by atoms with E-state index in [-0.39, 0.29) is 12.0 Å². The highest BCUT2D eigenvalue weighted by molar-refractivity contribution is 5.65. The first-order valence-electron chi connectivity index (χ1n) is 13.8. The van der Waals surface area contributed by atoms with Gasteiger partial charge >= 0.3 is 0 Å². The molecular weight excluding hydrogens is 470 g/mol. The smallest absolute Gasteiger partial charge is 0.293 e. The fourth-order valence-corrected chi connectivity index (χ4v) is 5.83. The lowest BCUT2D eigenvalue weighted by Gasteiger charge is -2.34. The van der Waals surface area contributed by atoms with Gasteiger partial charge < -0.3 is 9.84 Å². The van der Waals surface area contributed by atoms with Crippen LogP contribution in [0.4, 0.5) is 0 Å². The molecule has 1 aliphatic rings. The number of carbonyl (C=O) groups is 1. The normalized spacial score (nSPS) is 14.9. The first-order valence-corrected chi connectivity index (χ1v) is 13.8. The topological polar surface area (TPSA) is 59.4 Å². The van der Waals surface area contributed by atoms with Gasteiger partial charge in [0.25, 0.3) is 6.47 Å². The Labute approximate surface area is 227 Å². The molecule has 38 heavy (non-hydrogen) atoms. The van der Waals surface area contributed by atoms with Crippen LogP contribution in [0.2, 0.25) is 0 Å². The standard InChI is InChI=1S/C34H39NO3/c1-5-34(6-2,29-12-11-28(25(3)20-29)16-19-33(37)17-8-7-9-18-33)30-13-14-31(26(4)21-30)32-15-10-27(22-35-32)23-38-24-36/h10-15,20-22,24,37H,5-9,17-18,23H2,1-4H3. The van der Waals surface area contributed by atoms with E-state index in [1.54, 1.807) is 6.20 Å². The minimum absolute atomic E-state index is 0.106. The maximum atomic E-state index is 10.8. The number of hydrogen-bond acceptors (Lipinski definition) is 4. The molecule has 0 amide bonds. The van der Waals surface area contributed by atoms with Crippen molar-refractivity contribution in [3.05, 3.63) is 88.1 Å². The maximum absolute atomic E-state index is 10.8. The van der Waals surface area contributed by atoms with Crippen LogP contribution >= 0.6 is 0 Å². The quantitative estimate of drug-likeness (QED) is 0.258. The Kier molecular flexibility index (Phi) is 8.69. The number of pyridine rings is 1. The summed E-state index contributed by atoms with van der Waals surface area (Å²) in [6.45, 7) is 9.47. The number of aliphatic hydroxyl groups is 1. The van der Waals surface area contributed by atoms with Crippen molar-refractivity contribution in [3.8, 4) is 23.1 Å². The van der Waals surface area contributed by atoms with Crippen molar-refractivity contribution in [1.29, 1.82) is 0 Å². The molecule has 0 atom stereocenters. The van der Waals surface area contributed by atoms with Gasteiger partial charge in [-0.15, -0.1) is 0 Å². The number of ether oxygens (including phenoxy) is 1. The monoisotopic (exact) mass is 509 g/mol. The average Bonchev–Trinajstić information content (AvgIpc) is 2.93. The van der Waals surface area contributed by atoms with Crippen molar-refractivity contribution in [2.75, 3.05) is 0 Å². The molecule has 1 heterocycles. The number of nitrogens with zero attached hydrogens (tertiary/aromatic N) is 1. The summed E-state index contributed by atoms with van der Waals surface area (Å²) >= 11 is 0. The molecule has 1 fully saturated rings. The van der Waals surface area contributed by atoms with E-state index in [1.807, 2.05) is 12.1 Å². The molecule has 0 unspecified atom stereocenters. The van der Waals surface area contributed by atoms with Gasteiger partial charge in [0.2, 0.25) is 0 Å². The zero-order valence-corrected chi connectivity index (χ0v) is 23.1. The van der Waals surface area contributed by atoms with Gasteiger partial charge in [-0.3, -0.25) is 9.78 Å². The largest absolute Gasteiger partial charge is 0.463 e. The predicted octanol–water partition coefficient (Wildman–Crippen LogP) is 7.19. The molecule has 1 aliphatic carbocycles. The minimum Gasteiger partial charge on any atom is -0.463 e. The molecule has 2 aromatic carbocycles. The molecule has 4 rings (SSSR count). The van der Waals surface area contributed by atoms with Crippen LogP contribution in [0.3, 0.4) is 0 Å². The third-order valence-electron chi connectivity index (χ3n) is 8.29. The van der Waals surface area contributed by atoms with Crippen LogP contribution in [0.25, 0.3) is 11.3 Å². The molecule has 1 N–H and O–H groups in total. The number of aromatic nitrogens is 1. The Morgan fingerprint density at radius 2 is 1.66 bits per heavy atom. The molecule has 3 aromatic rings. The van der Waals surface area contributed by atoms with Gasteiger partial charge in [0.1, 0.15) is 12.2 Å². The van der Waals surface area contributed by atoms with E-state index in [9.17, 15) is 9.90 Å². The van der Waals surface area contributed by atoms with Crippen molar-refractivity contribution in [2.45, 2.75) is 90.3 Å². The second kappa shape index (κ2) is 12.0. The van der Waals surface area contributed by atoms with Gasteiger partial charge in [-0.1, -0.05) is 68.5 Å². The summed E-state index contributed by atoms with van der Waals surface area (Å²) < 4.78 is 4.83. The van der Waals surface area contributed by atoms with Gasteiger partial charge in [0, 0.05) is 28.3 Å². The van der Waals surface area contributed by atoms with E-state index in [2.05, 4.69) is 80.9 Å². The fraction of sp³-hybridized carbons (Fsp3) is 0.412.